The first-order valence-electron chi connectivity index (χ1n) is 10.3. The van der Waals surface area contributed by atoms with Crippen molar-refractivity contribution in [1.29, 1.82) is 0 Å². The highest BCUT2D eigenvalue weighted by molar-refractivity contribution is 6.07. The Kier molecular flexibility index (Phi) is 7.15. The number of rotatable bonds is 10. The van der Waals surface area contributed by atoms with Crippen LogP contribution in [0.2, 0.25) is 0 Å². The quantitative estimate of drug-likeness (QED) is 0.436. The summed E-state index contributed by atoms with van der Waals surface area (Å²) in [4.78, 5) is 26.6. The third-order valence-corrected chi connectivity index (χ3v) is 5.48. The molecule has 0 saturated carbocycles. The molecule has 0 unspecified atom stereocenters. The minimum Gasteiger partial charge on any atom is -0.493 e. The van der Waals surface area contributed by atoms with E-state index in [9.17, 15) is 19.1 Å². The van der Waals surface area contributed by atoms with Gasteiger partial charge in [0.25, 0.3) is 5.91 Å². The van der Waals surface area contributed by atoms with Gasteiger partial charge in [-0.2, -0.15) is 0 Å². The fraction of sp³-hybridized carbons (Fsp3) is 0.333. The van der Waals surface area contributed by atoms with E-state index in [-0.39, 0.29) is 19.6 Å². The molecule has 7 nitrogen and oxygen atoms in total. The number of benzene rings is 2. The van der Waals surface area contributed by atoms with Crippen molar-refractivity contribution in [3.8, 4) is 11.5 Å². The van der Waals surface area contributed by atoms with Crippen molar-refractivity contribution in [1.82, 2.24) is 10.2 Å². The second-order valence-corrected chi connectivity index (χ2v) is 7.55. The second kappa shape index (κ2) is 9.82. The fourth-order valence-corrected chi connectivity index (χ4v) is 3.74. The molecule has 0 spiro atoms. The van der Waals surface area contributed by atoms with E-state index >= 15 is 0 Å². The van der Waals surface area contributed by atoms with Crippen LogP contribution in [0.4, 0.5) is 9.18 Å². The maximum atomic E-state index is 13.3. The van der Waals surface area contributed by atoms with Gasteiger partial charge in [0.1, 0.15) is 24.1 Å². The Morgan fingerprint density at radius 3 is 2.56 bits per heavy atom. The van der Waals surface area contributed by atoms with Crippen molar-refractivity contribution in [3.63, 3.8) is 0 Å². The molecule has 32 heavy (non-hydrogen) atoms. The van der Waals surface area contributed by atoms with Gasteiger partial charge in [0.05, 0.1) is 13.7 Å². The van der Waals surface area contributed by atoms with Gasteiger partial charge >= 0.3 is 6.03 Å². The molecule has 2 aromatic carbocycles. The van der Waals surface area contributed by atoms with Crippen molar-refractivity contribution in [2.75, 3.05) is 20.3 Å². The molecule has 2 N–H and O–H groups in total. The number of amides is 3. The molecule has 1 heterocycles. The van der Waals surface area contributed by atoms with E-state index in [0.29, 0.717) is 23.5 Å². The van der Waals surface area contributed by atoms with Crippen molar-refractivity contribution < 1.29 is 28.6 Å². The molecule has 0 bridgehead atoms. The lowest BCUT2D eigenvalue weighted by atomic mass is 9.87. The van der Waals surface area contributed by atoms with Crippen LogP contribution in [0.25, 0.3) is 0 Å². The number of urea groups is 1. The molecule has 8 heteroatoms. The van der Waals surface area contributed by atoms with Crippen LogP contribution >= 0.6 is 0 Å². The minimum absolute atomic E-state index is 0.149. The average Bonchev–Trinajstić information content (AvgIpc) is 3.03. The number of β-amino-alcohol motifs (C(OH)–C–C–N with tert-alkyl or cyclic N) is 1. The molecule has 1 fully saturated rings. The number of hydrogen-bond acceptors (Lipinski definition) is 5. The normalized spacial score (nSPS) is 18.9. The predicted molar refractivity (Wildman–Crippen MR) is 117 cm³/mol. The van der Waals surface area contributed by atoms with Crippen LogP contribution < -0.4 is 14.8 Å². The van der Waals surface area contributed by atoms with E-state index in [1.807, 2.05) is 12.1 Å². The lowest BCUT2D eigenvalue weighted by Crippen LogP contribution is -2.44. The number of methoxy groups -OCH3 is 1. The third kappa shape index (κ3) is 4.60. The Morgan fingerprint density at radius 1 is 1.22 bits per heavy atom. The number of nitrogens with zero attached hydrogens (tertiary/aromatic N) is 1. The highest BCUT2D eigenvalue weighted by Gasteiger charge is 2.51. The van der Waals surface area contributed by atoms with Gasteiger partial charge < -0.3 is 19.9 Å². The van der Waals surface area contributed by atoms with Gasteiger partial charge in [0.2, 0.25) is 0 Å². The molecule has 0 aromatic heterocycles. The molecule has 2 atom stereocenters. The van der Waals surface area contributed by atoms with E-state index in [1.54, 1.807) is 19.1 Å². The number of carbonyl (C=O) groups is 2. The molecule has 2 aromatic rings. The summed E-state index contributed by atoms with van der Waals surface area (Å²) in [6, 6.07) is 10.2. The van der Waals surface area contributed by atoms with Crippen molar-refractivity contribution >= 4 is 11.9 Å². The van der Waals surface area contributed by atoms with Crippen LogP contribution in [0.3, 0.4) is 0 Å². The SMILES string of the molecule is C=CCc1ccc(OC[C@H](O)CN2C(=O)N[C@@](CC)(c3ccc(F)cc3)C2=O)c(OC)c1. The number of imide groups is 1. The van der Waals surface area contributed by atoms with Crippen molar-refractivity contribution in [2.45, 2.75) is 31.4 Å². The summed E-state index contributed by atoms with van der Waals surface area (Å²) < 4.78 is 24.3. The summed E-state index contributed by atoms with van der Waals surface area (Å²) in [5, 5.41) is 13.2. The van der Waals surface area contributed by atoms with Crippen LogP contribution in [-0.4, -0.2) is 48.3 Å². The summed E-state index contributed by atoms with van der Waals surface area (Å²) in [5.74, 6) is 0.00908. The molecule has 3 amide bonds. The number of aliphatic hydroxyl groups excluding tert-OH is 1. The molecule has 3 rings (SSSR count). The summed E-state index contributed by atoms with van der Waals surface area (Å²) >= 11 is 0. The lowest BCUT2D eigenvalue weighted by molar-refractivity contribution is -0.133. The van der Waals surface area contributed by atoms with E-state index in [0.717, 1.165) is 10.5 Å². The Morgan fingerprint density at radius 2 is 1.94 bits per heavy atom. The first kappa shape index (κ1) is 23.3. The molecule has 0 radical (unpaired) electrons. The van der Waals surface area contributed by atoms with Gasteiger partial charge in [-0.15, -0.1) is 6.58 Å². The van der Waals surface area contributed by atoms with E-state index in [1.165, 1.54) is 31.4 Å². The van der Waals surface area contributed by atoms with Gasteiger partial charge in [0.15, 0.2) is 11.5 Å². The molecule has 1 aliphatic heterocycles. The molecular formula is C24H27FN2O5. The Bertz CT molecular complexity index is 994. The number of halogens is 1. The lowest BCUT2D eigenvalue weighted by Gasteiger charge is -2.26. The summed E-state index contributed by atoms with van der Waals surface area (Å²) in [5.41, 5.74) is 0.188. The molecule has 1 saturated heterocycles. The van der Waals surface area contributed by atoms with Crippen LogP contribution in [0, 0.1) is 5.82 Å². The topological polar surface area (TPSA) is 88.1 Å². The number of carbonyl (C=O) groups excluding carboxylic acids is 2. The average molecular weight is 442 g/mol. The van der Waals surface area contributed by atoms with Gasteiger partial charge in [-0.25, -0.2) is 9.18 Å². The largest absolute Gasteiger partial charge is 0.493 e. The van der Waals surface area contributed by atoms with Gasteiger partial charge in [-0.05, 0) is 48.2 Å². The first-order valence-corrected chi connectivity index (χ1v) is 10.3. The number of aliphatic hydroxyl groups is 1. The number of hydrogen-bond donors (Lipinski definition) is 2. The van der Waals surface area contributed by atoms with E-state index < -0.39 is 29.4 Å². The van der Waals surface area contributed by atoms with Crippen LogP contribution in [-0.2, 0) is 16.8 Å². The molecular weight excluding hydrogens is 415 g/mol. The Balaban J connectivity index is 1.68. The molecule has 0 aliphatic carbocycles. The summed E-state index contributed by atoms with van der Waals surface area (Å²) in [6.45, 7) is 5.07. The smallest absolute Gasteiger partial charge is 0.325 e. The molecule has 1 aliphatic rings. The summed E-state index contributed by atoms with van der Waals surface area (Å²) in [7, 11) is 1.52. The van der Waals surface area contributed by atoms with Gasteiger partial charge in [-0.1, -0.05) is 31.2 Å². The number of ether oxygens (including phenoxy) is 2. The maximum absolute atomic E-state index is 13.3. The predicted octanol–water partition coefficient (Wildman–Crippen LogP) is 3.16. The number of nitrogens with one attached hydrogen (secondary N) is 1. The Hall–Kier alpha value is -3.39. The van der Waals surface area contributed by atoms with Crippen LogP contribution in [0.5, 0.6) is 11.5 Å². The van der Waals surface area contributed by atoms with Crippen molar-refractivity contribution in [3.05, 3.63) is 72.1 Å². The fourth-order valence-electron chi connectivity index (χ4n) is 3.74. The third-order valence-electron chi connectivity index (χ3n) is 5.48. The van der Waals surface area contributed by atoms with E-state index in [4.69, 9.17) is 9.47 Å². The van der Waals surface area contributed by atoms with Gasteiger partial charge in [0, 0.05) is 0 Å². The molecule has 170 valence electrons. The highest BCUT2D eigenvalue weighted by Crippen LogP contribution is 2.33. The zero-order valence-electron chi connectivity index (χ0n) is 18.1. The second-order valence-electron chi connectivity index (χ2n) is 7.55. The summed E-state index contributed by atoms with van der Waals surface area (Å²) in [6.07, 6.45) is 1.61. The van der Waals surface area contributed by atoms with Crippen LogP contribution in [0.15, 0.2) is 55.1 Å². The monoisotopic (exact) mass is 442 g/mol. The van der Waals surface area contributed by atoms with Crippen molar-refractivity contribution in [2.24, 2.45) is 0 Å². The zero-order valence-corrected chi connectivity index (χ0v) is 18.1. The number of allylic oxidation sites excluding steroid dienone is 1. The van der Waals surface area contributed by atoms with Gasteiger partial charge in [-0.3, -0.25) is 9.69 Å². The zero-order chi connectivity index (χ0) is 23.3. The highest BCUT2D eigenvalue weighted by atomic mass is 19.1. The first-order chi connectivity index (χ1) is 15.3. The standard InChI is InChI=1S/C24H27FN2O5/c1-4-6-16-7-12-20(21(13-16)31-3)32-15-19(28)14-27-22(29)24(5-2,26-23(27)30)17-8-10-18(25)11-9-17/h4,7-13,19,28H,1,5-6,14-15H2,2-3H3,(H,26,30)/t19-,24+/m1/s1. The Labute approximate surface area is 186 Å². The van der Waals surface area contributed by atoms with Crippen LogP contribution in [0.1, 0.15) is 24.5 Å². The van der Waals surface area contributed by atoms with E-state index in [2.05, 4.69) is 11.9 Å². The minimum atomic E-state index is -1.30. The maximum Gasteiger partial charge on any atom is 0.325 e.